The molecule has 0 aliphatic rings. The van der Waals surface area contributed by atoms with Crippen LogP contribution in [0.15, 0.2) is 15.0 Å². The van der Waals surface area contributed by atoms with Gasteiger partial charge in [0.1, 0.15) is 0 Å². The molecule has 0 heterocycles. The van der Waals surface area contributed by atoms with Gasteiger partial charge in [0.25, 0.3) is 0 Å². The van der Waals surface area contributed by atoms with Crippen LogP contribution in [0.5, 0.6) is 0 Å². The Morgan fingerprint density at radius 1 is 0.405 bits per heavy atom. The summed E-state index contributed by atoms with van der Waals surface area (Å²) in [6, 6.07) is 0. The van der Waals surface area contributed by atoms with Crippen LogP contribution < -0.4 is 15.3 Å². The Hall–Kier alpha value is -0.747. The van der Waals surface area contributed by atoms with Crippen molar-refractivity contribution in [3.05, 3.63) is 5.32 Å². The zero-order chi connectivity index (χ0) is 30.6. The molecule has 0 rings (SSSR count). The van der Waals surface area contributed by atoms with Gasteiger partial charge in [-0.15, -0.1) is 0 Å². The first-order valence-corrected chi connectivity index (χ1v) is 12.6. The van der Waals surface area contributed by atoms with Gasteiger partial charge in [-0.25, -0.2) is 0 Å². The molecule has 0 aliphatic heterocycles. The average molecular weight is 604 g/mol. The minimum atomic E-state index is -0.340. The summed E-state index contributed by atoms with van der Waals surface area (Å²) in [5.41, 5.74) is -1.76. The van der Waals surface area contributed by atoms with Crippen molar-refractivity contribution < 1.29 is 41.5 Å². The van der Waals surface area contributed by atoms with Gasteiger partial charge in [-0.3, -0.25) is 15.0 Å². The Kier molecular flexibility index (Phi) is 22.1. The summed E-state index contributed by atoms with van der Waals surface area (Å²) in [6.45, 7) is 34.3. The van der Waals surface area contributed by atoms with Crippen LogP contribution in [0.3, 0.4) is 0 Å². The van der Waals surface area contributed by atoms with Crippen LogP contribution in [0.1, 0.15) is 125 Å². The van der Waals surface area contributed by atoms with Crippen molar-refractivity contribution in [3.8, 4) is 0 Å². The number of aliphatic imine (C=N–C) groups is 3. The first-order chi connectivity index (χ1) is 15.3. The third-order valence-electron chi connectivity index (χ3n) is 3.24. The molecule has 0 radical (unpaired) electrons. The molecule has 0 aromatic heterocycles. The van der Waals surface area contributed by atoms with Gasteiger partial charge in [-0.2, -0.15) is 14.1 Å². The van der Waals surface area contributed by atoms with Crippen molar-refractivity contribution in [3.63, 3.8) is 0 Å². The Bertz CT molecular complexity index is 593. The van der Waals surface area contributed by atoms with Gasteiger partial charge < -0.3 is 20.6 Å². The van der Waals surface area contributed by atoms with Gasteiger partial charge >= 0.3 is 26.2 Å². The van der Waals surface area contributed by atoms with Gasteiger partial charge in [0.2, 0.25) is 0 Å². The van der Waals surface area contributed by atoms with Crippen molar-refractivity contribution in [1.82, 2.24) is 0 Å². The standard InChI is InChI=1S/3C9H19NO.C2H6N.Zr/c3*1-8(2,3)7(11)10-9(4,5)6;1-3-2;/h3*1-6H3,(H,10,11);1-2H3;/q;;;-1;+4/p-3. The minimum Gasteiger partial charge on any atom is -0.862 e. The molecule has 0 unspecified atom stereocenters. The van der Waals surface area contributed by atoms with E-state index in [9.17, 15) is 15.3 Å². The first kappa shape index (κ1) is 46.1. The average Bonchev–Trinajstić information content (AvgIpc) is 2.49. The SMILES string of the molecule is CC(C)(C)N=C([O-])C(C)(C)C.CC(C)(C)N=C([O-])C(C)(C)C.CC(C)(C)N=C([O-])C(C)(C)C.C[N-]C.[Zr+4]. The van der Waals surface area contributed by atoms with E-state index < -0.39 is 0 Å². The molecule has 0 spiro atoms. The Balaban J connectivity index is -0.000000129. The maximum atomic E-state index is 11.3. The third-order valence-corrected chi connectivity index (χ3v) is 3.24. The molecule has 0 aromatic carbocycles. The van der Waals surface area contributed by atoms with Crippen LogP contribution >= 0.6 is 0 Å². The molecule has 0 amide bonds. The second-order valence-electron chi connectivity index (χ2n) is 15.0. The van der Waals surface area contributed by atoms with E-state index in [0.717, 1.165) is 0 Å². The summed E-state index contributed by atoms with van der Waals surface area (Å²) >= 11 is 0. The predicted molar refractivity (Wildman–Crippen MR) is 155 cm³/mol. The van der Waals surface area contributed by atoms with Crippen molar-refractivity contribution in [1.29, 1.82) is 0 Å². The fraction of sp³-hybridized carbons (Fsp3) is 0.897. The Morgan fingerprint density at radius 3 is 0.541 bits per heavy atom. The van der Waals surface area contributed by atoms with Crippen LogP contribution in [0.2, 0.25) is 0 Å². The van der Waals surface area contributed by atoms with Crippen molar-refractivity contribution in [2.24, 2.45) is 31.2 Å². The molecule has 0 aliphatic carbocycles. The van der Waals surface area contributed by atoms with E-state index in [1.807, 2.05) is 125 Å². The molecule has 0 atom stereocenters. The van der Waals surface area contributed by atoms with Crippen molar-refractivity contribution in [2.45, 2.75) is 141 Å². The molecule has 0 aromatic rings. The summed E-state index contributed by atoms with van der Waals surface area (Å²) < 4.78 is 0. The van der Waals surface area contributed by atoms with E-state index in [-0.39, 0.29) is 76.8 Å². The molecule has 0 bridgehead atoms. The molecule has 8 heteroatoms. The predicted octanol–water partition coefficient (Wildman–Crippen LogP) is 5.39. The second kappa shape index (κ2) is 17.8. The van der Waals surface area contributed by atoms with E-state index in [0.29, 0.717) is 0 Å². The van der Waals surface area contributed by atoms with Crippen LogP contribution in [0.25, 0.3) is 5.32 Å². The number of nitrogens with zero attached hydrogens (tertiary/aromatic N) is 4. The molecular weight excluding hydrogens is 544 g/mol. The normalized spacial score (nSPS) is 14.1. The van der Waals surface area contributed by atoms with Crippen molar-refractivity contribution in [2.75, 3.05) is 14.1 Å². The molecule has 7 nitrogen and oxygen atoms in total. The quantitative estimate of drug-likeness (QED) is 0.273. The zero-order valence-corrected chi connectivity index (χ0v) is 30.5. The van der Waals surface area contributed by atoms with Gasteiger partial charge in [-0.1, -0.05) is 62.3 Å². The van der Waals surface area contributed by atoms with Gasteiger partial charge in [0, 0.05) is 0 Å². The smallest absolute Gasteiger partial charge is 0.862 e. The fourth-order valence-corrected chi connectivity index (χ4v) is 1.42. The summed E-state index contributed by atoms with van der Waals surface area (Å²) in [4.78, 5) is 12.1. The monoisotopic (exact) mass is 602 g/mol. The largest absolute Gasteiger partial charge is 4.00 e. The Labute approximate surface area is 250 Å². The summed E-state index contributed by atoms with van der Waals surface area (Å²) in [5.74, 6) is -0.0694. The molecule has 218 valence electrons. The maximum absolute atomic E-state index is 11.3. The summed E-state index contributed by atoms with van der Waals surface area (Å²) in [5, 5.41) is 37.4. The van der Waals surface area contributed by atoms with E-state index in [1.165, 1.54) is 0 Å². The number of hydrogen-bond donors (Lipinski definition) is 0. The fourth-order valence-electron chi connectivity index (χ4n) is 1.42. The molecular formula is C29H60N4O3Zr. The van der Waals surface area contributed by atoms with Crippen molar-refractivity contribution >= 4 is 17.7 Å². The van der Waals surface area contributed by atoms with Gasteiger partial charge in [0.15, 0.2) is 0 Å². The maximum Gasteiger partial charge on any atom is 4.00 e. The van der Waals surface area contributed by atoms with Gasteiger partial charge in [0.05, 0.1) is 16.6 Å². The first-order valence-electron chi connectivity index (χ1n) is 12.6. The topological polar surface area (TPSA) is 120 Å². The van der Waals surface area contributed by atoms with Crippen LogP contribution in [0.4, 0.5) is 0 Å². The zero-order valence-electron chi connectivity index (χ0n) is 28.0. The van der Waals surface area contributed by atoms with Gasteiger partial charge in [-0.05, 0) is 96.3 Å². The second-order valence-corrected chi connectivity index (χ2v) is 15.0. The van der Waals surface area contributed by atoms with E-state index >= 15 is 0 Å². The number of hydrogen-bond acceptors (Lipinski definition) is 6. The molecule has 0 saturated carbocycles. The molecule has 37 heavy (non-hydrogen) atoms. The minimum absolute atomic E-state index is 0. The van der Waals surface area contributed by atoms with E-state index in [1.54, 1.807) is 14.1 Å². The van der Waals surface area contributed by atoms with E-state index in [2.05, 4.69) is 20.3 Å². The molecule has 0 fully saturated rings. The third kappa shape index (κ3) is 37.5. The van der Waals surface area contributed by atoms with Crippen LogP contribution in [-0.2, 0) is 26.2 Å². The summed E-state index contributed by atoms with van der Waals surface area (Å²) in [6.07, 6.45) is 0. The number of rotatable bonds is 0. The molecule has 0 N–H and O–H groups in total. The Morgan fingerprint density at radius 2 is 0.514 bits per heavy atom. The summed E-state index contributed by atoms with van der Waals surface area (Å²) in [7, 11) is 3.50. The van der Waals surface area contributed by atoms with Crippen LogP contribution in [0, 0.1) is 16.2 Å². The molecule has 0 saturated heterocycles. The van der Waals surface area contributed by atoms with Crippen LogP contribution in [-0.4, -0.2) is 48.4 Å². The van der Waals surface area contributed by atoms with E-state index in [4.69, 9.17) is 0 Å².